The van der Waals surface area contributed by atoms with E-state index < -0.39 is 11.9 Å². The Morgan fingerprint density at radius 1 is 0.889 bits per heavy atom. The molecule has 0 saturated carbocycles. The van der Waals surface area contributed by atoms with Gasteiger partial charge in [-0.2, -0.15) is 18.3 Å². The molecule has 1 aliphatic heterocycles. The number of hydrogen-bond acceptors (Lipinski definition) is 5. The molecule has 0 aliphatic carbocycles. The number of carbonyl (C=O) groups excluding carboxylic acids is 1. The van der Waals surface area contributed by atoms with Crippen molar-refractivity contribution < 1.29 is 18.0 Å². The van der Waals surface area contributed by atoms with E-state index in [1.807, 2.05) is 4.90 Å². The molecule has 1 saturated heterocycles. The molecule has 0 radical (unpaired) electrons. The minimum absolute atomic E-state index is 0.147. The van der Waals surface area contributed by atoms with Gasteiger partial charge in [0.1, 0.15) is 0 Å². The van der Waals surface area contributed by atoms with Crippen LogP contribution in [-0.4, -0.2) is 56.7 Å². The third-order valence-corrected chi connectivity index (χ3v) is 6.23. The monoisotopic (exact) mass is 512 g/mol. The number of piperazine rings is 1. The number of halogens is 4. The molecule has 2 aromatic heterocycles. The highest BCUT2D eigenvalue weighted by Gasteiger charge is 2.35. The number of para-hydroxylation sites is 1. The molecule has 5 rings (SSSR count). The number of hydrogen-bond donors (Lipinski definition) is 0. The largest absolute Gasteiger partial charge is 0.435 e. The number of alkyl halides is 3. The fourth-order valence-electron chi connectivity index (χ4n) is 4.06. The van der Waals surface area contributed by atoms with Crippen LogP contribution in [-0.2, 0) is 6.18 Å². The van der Waals surface area contributed by atoms with E-state index in [1.54, 1.807) is 71.9 Å². The summed E-state index contributed by atoms with van der Waals surface area (Å²) in [6.45, 7) is 2.22. The van der Waals surface area contributed by atoms with Crippen molar-refractivity contribution in [3.8, 4) is 16.9 Å². The summed E-state index contributed by atoms with van der Waals surface area (Å²) in [5.74, 6) is 0.480. The van der Waals surface area contributed by atoms with E-state index in [1.165, 1.54) is 4.68 Å². The van der Waals surface area contributed by atoms with Crippen LogP contribution in [0.4, 0.5) is 19.1 Å². The number of rotatable bonds is 4. The Morgan fingerprint density at radius 2 is 1.56 bits per heavy atom. The fraction of sp³-hybridized carbons (Fsp3) is 0.200. The molecule has 184 valence electrons. The lowest BCUT2D eigenvalue weighted by Crippen LogP contribution is -2.49. The van der Waals surface area contributed by atoms with Gasteiger partial charge in [-0.1, -0.05) is 35.9 Å². The molecule has 0 unspecified atom stereocenters. The van der Waals surface area contributed by atoms with Crippen LogP contribution in [0.25, 0.3) is 16.9 Å². The summed E-state index contributed by atoms with van der Waals surface area (Å²) in [6, 6.07) is 15.7. The Morgan fingerprint density at radius 3 is 2.19 bits per heavy atom. The maximum atomic E-state index is 13.5. The zero-order valence-electron chi connectivity index (χ0n) is 18.9. The SMILES string of the molecule is O=C(c1ccc(-c2cc(C(F)(F)F)nn2-c2ccccc2Cl)cc1)N1CCN(c2ncccn2)CC1. The van der Waals surface area contributed by atoms with Crippen molar-refractivity contribution >= 4 is 23.5 Å². The van der Waals surface area contributed by atoms with Crippen LogP contribution in [0.2, 0.25) is 5.02 Å². The Bertz CT molecular complexity index is 1370. The van der Waals surface area contributed by atoms with Gasteiger partial charge >= 0.3 is 6.18 Å². The average molecular weight is 513 g/mol. The number of carbonyl (C=O) groups is 1. The minimum Gasteiger partial charge on any atom is -0.337 e. The van der Waals surface area contributed by atoms with Crippen LogP contribution in [0.15, 0.2) is 73.1 Å². The zero-order valence-corrected chi connectivity index (χ0v) is 19.6. The van der Waals surface area contributed by atoms with E-state index >= 15 is 0 Å². The molecule has 1 aliphatic rings. The first-order valence-corrected chi connectivity index (χ1v) is 11.5. The molecule has 7 nitrogen and oxygen atoms in total. The molecule has 0 atom stereocenters. The summed E-state index contributed by atoms with van der Waals surface area (Å²) in [5.41, 5.74) is 0.428. The molecule has 36 heavy (non-hydrogen) atoms. The molecule has 11 heteroatoms. The van der Waals surface area contributed by atoms with Crippen LogP contribution in [0.1, 0.15) is 16.1 Å². The van der Waals surface area contributed by atoms with Crippen LogP contribution in [0.3, 0.4) is 0 Å². The van der Waals surface area contributed by atoms with E-state index in [2.05, 4.69) is 15.1 Å². The van der Waals surface area contributed by atoms with Gasteiger partial charge in [0.15, 0.2) is 5.69 Å². The highest BCUT2D eigenvalue weighted by molar-refractivity contribution is 6.32. The molecule has 3 heterocycles. The van der Waals surface area contributed by atoms with Gasteiger partial charge in [0.25, 0.3) is 5.91 Å². The van der Waals surface area contributed by atoms with Gasteiger partial charge in [-0.25, -0.2) is 14.6 Å². The lowest BCUT2D eigenvalue weighted by molar-refractivity contribution is -0.141. The van der Waals surface area contributed by atoms with E-state index in [0.717, 1.165) is 6.07 Å². The predicted molar refractivity (Wildman–Crippen MR) is 129 cm³/mol. The molecular weight excluding hydrogens is 493 g/mol. The van der Waals surface area contributed by atoms with Crippen molar-refractivity contribution in [1.82, 2.24) is 24.6 Å². The van der Waals surface area contributed by atoms with Crippen LogP contribution in [0, 0.1) is 0 Å². The average Bonchev–Trinajstić information content (AvgIpc) is 3.35. The van der Waals surface area contributed by atoms with Gasteiger partial charge in [0.05, 0.1) is 16.4 Å². The van der Waals surface area contributed by atoms with Crippen molar-refractivity contribution in [2.24, 2.45) is 0 Å². The number of nitrogens with zero attached hydrogens (tertiary/aromatic N) is 6. The first-order chi connectivity index (χ1) is 17.3. The fourth-order valence-corrected chi connectivity index (χ4v) is 4.28. The number of benzene rings is 2. The maximum Gasteiger partial charge on any atom is 0.435 e. The maximum absolute atomic E-state index is 13.5. The van der Waals surface area contributed by atoms with Crippen molar-refractivity contribution in [2.75, 3.05) is 31.1 Å². The predicted octanol–water partition coefficient (Wildman–Crippen LogP) is 4.96. The van der Waals surface area contributed by atoms with Crippen LogP contribution < -0.4 is 4.90 Å². The molecule has 0 bridgehead atoms. The second-order valence-electron chi connectivity index (χ2n) is 8.18. The van der Waals surface area contributed by atoms with E-state index in [9.17, 15) is 18.0 Å². The van der Waals surface area contributed by atoms with Crippen LogP contribution >= 0.6 is 11.6 Å². The summed E-state index contributed by atoms with van der Waals surface area (Å²) >= 11 is 6.24. The van der Waals surface area contributed by atoms with E-state index in [0.29, 0.717) is 48.9 Å². The molecule has 0 spiro atoms. The summed E-state index contributed by atoms with van der Waals surface area (Å²) in [4.78, 5) is 25.3. The molecule has 4 aromatic rings. The van der Waals surface area contributed by atoms with Crippen LogP contribution in [0.5, 0.6) is 0 Å². The topological polar surface area (TPSA) is 67.2 Å². The molecule has 0 N–H and O–H groups in total. The second kappa shape index (κ2) is 9.62. The van der Waals surface area contributed by atoms with Gasteiger partial charge in [-0.3, -0.25) is 4.79 Å². The molecule has 1 fully saturated rings. The van der Waals surface area contributed by atoms with Crippen molar-refractivity contribution in [3.05, 3.63) is 89.3 Å². The Balaban J connectivity index is 1.37. The number of aromatic nitrogens is 4. The first-order valence-electron chi connectivity index (χ1n) is 11.1. The van der Waals surface area contributed by atoms with Crippen molar-refractivity contribution in [1.29, 1.82) is 0 Å². The molecule has 1 amide bonds. The Labute approximate surface area is 209 Å². The summed E-state index contributed by atoms with van der Waals surface area (Å²) in [7, 11) is 0. The normalized spacial score (nSPS) is 14.2. The van der Waals surface area contributed by atoms with Gasteiger partial charge in [-0.05, 0) is 36.4 Å². The van der Waals surface area contributed by atoms with Crippen molar-refractivity contribution in [3.63, 3.8) is 0 Å². The van der Waals surface area contributed by atoms with Gasteiger partial charge < -0.3 is 9.80 Å². The summed E-state index contributed by atoms with van der Waals surface area (Å²) < 4.78 is 41.5. The van der Waals surface area contributed by atoms with Gasteiger partial charge in [0, 0.05) is 49.7 Å². The second-order valence-corrected chi connectivity index (χ2v) is 8.59. The smallest absolute Gasteiger partial charge is 0.337 e. The summed E-state index contributed by atoms with van der Waals surface area (Å²) in [6.07, 6.45) is -1.27. The minimum atomic E-state index is -4.62. The number of anilines is 1. The lowest BCUT2D eigenvalue weighted by Gasteiger charge is -2.34. The standard InChI is InChI=1S/C25H20ClF3N6O/c26-19-4-1-2-5-20(19)35-21(16-22(32-35)25(27,28)29)17-6-8-18(9-7-17)23(36)33-12-14-34(15-13-33)24-30-10-3-11-31-24/h1-11,16H,12-15H2. The van der Waals surface area contributed by atoms with Gasteiger partial charge in [0.2, 0.25) is 5.95 Å². The zero-order chi connectivity index (χ0) is 25.3. The highest BCUT2D eigenvalue weighted by Crippen LogP contribution is 2.34. The highest BCUT2D eigenvalue weighted by atomic mass is 35.5. The quantitative estimate of drug-likeness (QED) is 0.386. The molecular formula is C25H20ClF3N6O. The number of amides is 1. The third-order valence-electron chi connectivity index (χ3n) is 5.91. The lowest BCUT2D eigenvalue weighted by atomic mass is 10.1. The Kier molecular flexibility index (Phi) is 6.36. The van der Waals surface area contributed by atoms with E-state index in [-0.39, 0.29) is 16.6 Å². The van der Waals surface area contributed by atoms with Crippen molar-refractivity contribution in [2.45, 2.75) is 6.18 Å². The van der Waals surface area contributed by atoms with Gasteiger partial charge in [-0.15, -0.1) is 0 Å². The molecule has 2 aromatic carbocycles. The first kappa shape index (κ1) is 23.8. The third kappa shape index (κ3) is 4.76. The Hall–Kier alpha value is -3.92. The van der Waals surface area contributed by atoms with E-state index in [4.69, 9.17) is 11.6 Å². The summed E-state index contributed by atoms with van der Waals surface area (Å²) in [5, 5.41) is 4.04.